The summed E-state index contributed by atoms with van der Waals surface area (Å²) in [7, 11) is 3.17. The van der Waals surface area contributed by atoms with E-state index >= 15 is 0 Å². The van der Waals surface area contributed by atoms with Crippen LogP contribution in [0.25, 0.3) is 0 Å². The average Bonchev–Trinajstić information content (AvgIpc) is 2.72. The molecule has 2 N–H and O–H groups in total. The minimum atomic E-state index is -0.144. The lowest BCUT2D eigenvalue weighted by atomic mass is 10.1. The lowest BCUT2D eigenvalue weighted by molar-refractivity contribution is 0.0932. The SMILES string of the molecule is CCC(CCNC(=O)c1ccc(OC)cc1)NC(=O)c1ccc(OC)cc1. The van der Waals surface area contributed by atoms with Crippen LogP contribution in [-0.4, -0.2) is 38.6 Å². The van der Waals surface area contributed by atoms with E-state index in [0.717, 1.165) is 6.42 Å². The van der Waals surface area contributed by atoms with Gasteiger partial charge in [-0.3, -0.25) is 9.59 Å². The van der Waals surface area contributed by atoms with Crippen LogP contribution in [0.2, 0.25) is 0 Å². The molecule has 2 rings (SSSR count). The van der Waals surface area contributed by atoms with E-state index < -0.39 is 0 Å². The Labute approximate surface area is 159 Å². The van der Waals surface area contributed by atoms with Crippen molar-refractivity contribution < 1.29 is 19.1 Å². The van der Waals surface area contributed by atoms with Gasteiger partial charge >= 0.3 is 0 Å². The lowest BCUT2D eigenvalue weighted by Crippen LogP contribution is -2.37. The minimum Gasteiger partial charge on any atom is -0.497 e. The molecule has 144 valence electrons. The molecule has 0 aliphatic heterocycles. The summed E-state index contributed by atoms with van der Waals surface area (Å²) < 4.78 is 10.2. The molecule has 27 heavy (non-hydrogen) atoms. The molecule has 2 aromatic carbocycles. The van der Waals surface area contributed by atoms with Crippen molar-refractivity contribution in [2.45, 2.75) is 25.8 Å². The highest BCUT2D eigenvalue weighted by Gasteiger charge is 2.13. The zero-order valence-electron chi connectivity index (χ0n) is 16.0. The average molecular weight is 370 g/mol. The van der Waals surface area contributed by atoms with Gasteiger partial charge in [-0.15, -0.1) is 0 Å². The fraction of sp³-hybridized carbons (Fsp3) is 0.333. The van der Waals surface area contributed by atoms with Crippen molar-refractivity contribution in [3.63, 3.8) is 0 Å². The van der Waals surface area contributed by atoms with Crippen molar-refractivity contribution in [2.24, 2.45) is 0 Å². The maximum atomic E-state index is 12.3. The minimum absolute atomic E-state index is 0.0178. The summed E-state index contributed by atoms with van der Waals surface area (Å²) in [6.45, 7) is 2.48. The van der Waals surface area contributed by atoms with Gasteiger partial charge in [0, 0.05) is 23.7 Å². The summed E-state index contributed by atoms with van der Waals surface area (Å²) >= 11 is 0. The van der Waals surface area contributed by atoms with E-state index in [4.69, 9.17) is 9.47 Å². The van der Waals surface area contributed by atoms with Crippen LogP contribution >= 0.6 is 0 Å². The molecule has 1 unspecified atom stereocenters. The number of hydrogen-bond acceptors (Lipinski definition) is 4. The van der Waals surface area contributed by atoms with Gasteiger partial charge in [0.2, 0.25) is 0 Å². The third-order valence-corrected chi connectivity index (χ3v) is 4.31. The molecule has 2 amide bonds. The van der Waals surface area contributed by atoms with Gasteiger partial charge in [0.25, 0.3) is 11.8 Å². The number of carbonyl (C=O) groups excluding carboxylic acids is 2. The van der Waals surface area contributed by atoms with Crippen molar-refractivity contribution in [3.8, 4) is 11.5 Å². The van der Waals surface area contributed by atoms with Crippen molar-refractivity contribution >= 4 is 11.8 Å². The van der Waals surface area contributed by atoms with Crippen molar-refractivity contribution in [1.29, 1.82) is 0 Å². The van der Waals surface area contributed by atoms with E-state index in [1.807, 2.05) is 6.92 Å². The Kier molecular flexibility index (Phi) is 7.67. The van der Waals surface area contributed by atoms with Crippen LogP contribution in [-0.2, 0) is 0 Å². The normalized spacial score (nSPS) is 11.4. The lowest BCUT2D eigenvalue weighted by Gasteiger charge is -2.17. The first-order valence-electron chi connectivity index (χ1n) is 8.94. The van der Waals surface area contributed by atoms with Gasteiger partial charge in [-0.2, -0.15) is 0 Å². The van der Waals surface area contributed by atoms with Crippen LogP contribution in [0.15, 0.2) is 48.5 Å². The summed E-state index contributed by atoms with van der Waals surface area (Å²) in [6, 6.07) is 13.9. The predicted molar refractivity (Wildman–Crippen MR) is 104 cm³/mol. The molecule has 0 aliphatic carbocycles. The van der Waals surface area contributed by atoms with E-state index in [1.54, 1.807) is 62.8 Å². The predicted octanol–water partition coefficient (Wildman–Crippen LogP) is 3.03. The van der Waals surface area contributed by atoms with Crippen molar-refractivity contribution in [3.05, 3.63) is 59.7 Å². The van der Waals surface area contributed by atoms with Crippen LogP contribution in [0.4, 0.5) is 0 Å². The second-order valence-corrected chi connectivity index (χ2v) is 6.08. The molecular formula is C21H26N2O4. The Hall–Kier alpha value is -3.02. The van der Waals surface area contributed by atoms with E-state index in [-0.39, 0.29) is 17.9 Å². The summed E-state index contributed by atoms with van der Waals surface area (Å²) in [4.78, 5) is 24.5. The molecule has 0 saturated heterocycles. The van der Waals surface area contributed by atoms with E-state index in [9.17, 15) is 9.59 Å². The molecule has 6 heteroatoms. The number of nitrogens with one attached hydrogen (secondary N) is 2. The van der Waals surface area contributed by atoms with Crippen LogP contribution < -0.4 is 20.1 Å². The fourth-order valence-corrected chi connectivity index (χ4v) is 2.59. The number of carbonyl (C=O) groups is 2. The van der Waals surface area contributed by atoms with Gasteiger partial charge in [-0.25, -0.2) is 0 Å². The summed E-state index contributed by atoms with van der Waals surface area (Å²) in [5.41, 5.74) is 1.16. The smallest absolute Gasteiger partial charge is 0.251 e. The molecular weight excluding hydrogens is 344 g/mol. The number of rotatable bonds is 9. The molecule has 0 fully saturated rings. The monoisotopic (exact) mass is 370 g/mol. The quantitative estimate of drug-likeness (QED) is 0.711. The number of hydrogen-bond donors (Lipinski definition) is 2. The highest BCUT2D eigenvalue weighted by molar-refractivity contribution is 5.95. The van der Waals surface area contributed by atoms with E-state index in [1.165, 1.54) is 0 Å². The molecule has 0 aliphatic rings. The fourth-order valence-electron chi connectivity index (χ4n) is 2.59. The maximum Gasteiger partial charge on any atom is 0.251 e. The number of amides is 2. The topological polar surface area (TPSA) is 76.7 Å². The molecule has 1 atom stereocenters. The molecule has 0 spiro atoms. The van der Waals surface area contributed by atoms with Crippen LogP contribution in [0, 0.1) is 0 Å². The Morgan fingerprint density at radius 1 is 0.852 bits per heavy atom. The number of ether oxygens (including phenoxy) is 2. The maximum absolute atomic E-state index is 12.3. The molecule has 0 saturated carbocycles. The first-order chi connectivity index (χ1) is 13.1. The molecule has 0 bridgehead atoms. The Morgan fingerprint density at radius 3 is 1.78 bits per heavy atom. The molecule has 6 nitrogen and oxygen atoms in total. The van der Waals surface area contributed by atoms with Gasteiger partial charge in [-0.1, -0.05) is 6.92 Å². The summed E-state index contributed by atoms with van der Waals surface area (Å²) in [5.74, 6) is 1.14. The van der Waals surface area contributed by atoms with Gasteiger partial charge in [0.15, 0.2) is 0 Å². The second-order valence-electron chi connectivity index (χ2n) is 6.08. The highest BCUT2D eigenvalue weighted by atomic mass is 16.5. The number of methoxy groups -OCH3 is 2. The molecule has 0 aromatic heterocycles. The van der Waals surface area contributed by atoms with Crippen LogP contribution in [0.5, 0.6) is 11.5 Å². The van der Waals surface area contributed by atoms with Gasteiger partial charge in [0.1, 0.15) is 11.5 Å². The zero-order valence-corrected chi connectivity index (χ0v) is 16.0. The van der Waals surface area contributed by atoms with E-state index in [0.29, 0.717) is 35.6 Å². The largest absolute Gasteiger partial charge is 0.497 e. The summed E-state index contributed by atoms with van der Waals surface area (Å²) in [5, 5.41) is 5.88. The number of benzene rings is 2. The first-order valence-corrected chi connectivity index (χ1v) is 8.94. The molecule has 0 radical (unpaired) electrons. The third kappa shape index (κ3) is 6.02. The van der Waals surface area contributed by atoms with Crippen molar-refractivity contribution in [2.75, 3.05) is 20.8 Å². The third-order valence-electron chi connectivity index (χ3n) is 4.31. The van der Waals surface area contributed by atoms with Crippen LogP contribution in [0.1, 0.15) is 40.5 Å². The molecule has 2 aromatic rings. The Morgan fingerprint density at radius 2 is 1.33 bits per heavy atom. The van der Waals surface area contributed by atoms with Crippen LogP contribution in [0.3, 0.4) is 0 Å². The zero-order chi connectivity index (χ0) is 19.6. The Balaban J connectivity index is 1.81. The standard InChI is InChI=1S/C21H26N2O4/c1-4-17(23-21(25)16-7-11-19(27-3)12-8-16)13-14-22-20(24)15-5-9-18(26-2)10-6-15/h5-12,17H,4,13-14H2,1-3H3,(H,22,24)(H,23,25). The van der Waals surface area contributed by atoms with Gasteiger partial charge < -0.3 is 20.1 Å². The summed E-state index contributed by atoms with van der Waals surface area (Å²) in [6.07, 6.45) is 1.43. The first kappa shape index (κ1) is 20.3. The van der Waals surface area contributed by atoms with E-state index in [2.05, 4.69) is 10.6 Å². The molecule has 0 heterocycles. The Bertz CT molecular complexity index is 742. The van der Waals surface area contributed by atoms with Gasteiger partial charge in [-0.05, 0) is 61.4 Å². The second kappa shape index (κ2) is 10.2. The van der Waals surface area contributed by atoms with Gasteiger partial charge in [0.05, 0.1) is 14.2 Å². The highest BCUT2D eigenvalue weighted by Crippen LogP contribution is 2.12. The van der Waals surface area contributed by atoms with Crippen molar-refractivity contribution in [1.82, 2.24) is 10.6 Å².